The molecule has 0 aromatic heterocycles. The van der Waals surface area contributed by atoms with Crippen LogP contribution in [0.3, 0.4) is 0 Å². The molecule has 84 valence electrons. The van der Waals surface area contributed by atoms with Crippen molar-refractivity contribution in [2.75, 3.05) is 0 Å². The van der Waals surface area contributed by atoms with Crippen molar-refractivity contribution in [3.8, 4) is 0 Å². The zero-order chi connectivity index (χ0) is 12.2. The number of nitrogens with zero attached hydrogens (tertiary/aromatic N) is 1. The van der Waals surface area contributed by atoms with Crippen LogP contribution in [0.2, 0.25) is 0 Å². The van der Waals surface area contributed by atoms with E-state index in [9.17, 15) is 19.2 Å². The van der Waals surface area contributed by atoms with Crippen LogP contribution in [-0.4, -0.2) is 22.1 Å². The van der Waals surface area contributed by atoms with Crippen molar-refractivity contribution in [1.29, 1.82) is 0 Å². The molecule has 5 heteroatoms. The van der Waals surface area contributed by atoms with Crippen molar-refractivity contribution in [2.24, 2.45) is 0 Å². The molecule has 0 fully saturated rings. The Morgan fingerprint density at radius 1 is 1.06 bits per heavy atom. The molecule has 4 nitrogen and oxygen atoms in total. The van der Waals surface area contributed by atoms with Crippen molar-refractivity contribution in [3.05, 3.63) is 47.3 Å². The summed E-state index contributed by atoms with van der Waals surface area (Å²) in [5.41, 5.74) is 0.192. The van der Waals surface area contributed by atoms with Gasteiger partial charge < -0.3 is 0 Å². The third-order valence-corrected chi connectivity index (χ3v) is 2.79. The molecule has 2 aromatic carbocycles. The molecular formula is C12H6FNO3. The summed E-state index contributed by atoms with van der Waals surface area (Å²) >= 11 is 0. The van der Waals surface area contributed by atoms with E-state index in [-0.39, 0.29) is 16.2 Å². The third-order valence-electron chi connectivity index (χ3n) is 2.79. The second-order valence-corrected chi connectivity index (χ2v) is 3.78. The van der Waals surface area contributed by atoms with Gasteiger partial charge in [-0.25, -0.2) is 4.39 Å². The maximum Gasteiger partial charge on any atom is 0.285 e. The Morgan fingerprint density at radius 2 is 1.76 bits per heavy atom. The standard InChI is InChI=1S/C12H6FNO3/c13-7-4-6-2-1-3-8-10(6)9(5-7)12(16)14(17)11(8)15/h1-5,17H. The van der Waals surface area contributed by atoms with Crippen molar-refractivity contribution in [2.45, 2.75) is 0 Å². The molecule has 0 aliphatic carbocycles. The van der Waals surface area contributed by atoms with Crippen LogP contribution >= 0.6 is 0 Å². The number of amides is 2. The monoisotopic (exact) mass is 231 g/mol. The molecular weight excluding hydrogens is 225 g/mol. The van der Waals surface area contributed by atoms with Gasteiger partial charge in [-0.3, -0.25) is 14.8 Å². The molecule has 2 aromatic rings. The molecule has 0 saturated carbocycles. The number of imide groups is 1. The van der Waals surface area contributed by atoms with Crippen LogP contribution in [0.25, 0.3) is 10.8 Å². The van der Waals surface area contributed by atoms with Crippen LogP contribution < -0.4 is 0 Å². The molecule has 0 unspecified atom stereocenters. The molecule has 1 aliphatic rings. The van der Waals surface area contributed by atoms with E-state index in [1.54, 1.807) is 12.1 Å². The second-order valence-electron chi connectivity index (χ2n) is 3.78. The molecule has 1 N–H and O–H groups in total. The van der Waals surface area contributed by atoms with E-state index in [1.807, 2.05) is 0 Å². The van der Waals surface area contributed by atoms with E-state index in [1.165, 1.54) is 12.1 Å². The molecule has 3 rings (SSSR count). The van der Waals surface area contributed by atoms with Crippen LogP contribution in [0.5, 0.6) is 0 Å². The van der Waals surface area contributed by atoms with E-state index in [2.05, 4.69) is 0 Å². The van der Waals surface area contributed by atoms with Gasteiger partial charge in [-0.15, -0.1) is 5.06 Å². The first kappa shape index (κ1) is 9.92. The fourth-order valence-electron chi connectivity index (χ4n) is 2.06. The minimum Gasteiger partial charge on any atom is -0.278 e. The van der Waals surface area contributed by atoms with E-state index in [4.69, 9.17) is 0 Å². The van der Waals surface area contributed by atoms with E-state index < -0.39 is 17.6 Å². The van der Waals surface area contributed by atoms with Gasteiger partial charge in [0.05, 0.1) is 11.1 Å². The fraction of sp³-hybridized carbons (Fsp3) is 0. The van der Waals surface area contributed by atoms with Crippen LogP contribution in [0.1, 0.15) is 20.7 Å². The van der Waals surface area contributed by atoms with Gasteiger partial charge >= 0.3 is 0 Å². The number of hydroxylamine groups is 2. The van der Waals surface area contributed by atoms with Crippen molar-refractivity contribution >= 4 is 22.6 Å². The lowest BCUT2D eigenvalue weighted by atomic mass is 9.95. The quantitative estimate of drug-likeness (QED) is 0.557. The van der Waals surface area contributed by atoms with Gasteiger partial charge in [-0.1, -0.05) is 12.1 Å². The largest absolute Gasteiger partial charge is 0.285 e. The minimum atomic E-state index is -0.904. The number of hydrogen-bond donors (Lipinski definition) is 1. The number of rotatable bonds is 0. The van der Waals surface area contributed by atoms with Crippen molar-refractivity contribution < 1.29 is 19.2 Å². The number of hydrogen-bond acceptors (Lipinski definition) is 3. The molecule has 2 amide bonds. The first-order valence-corrected chi connectivity index (χ1v) is 4.89. The summed E-state index contributed by atoms with van der Waals surface area (Å²) in [6.07, 6.45) is 0. The van der Waals surface area contributed by atoms with Gasteiger partial charge in [-0.2, -0.15) is 0 Å². The van der Waals surface area contributed by atoms with Gasteiger partial charge in [0.2, 0.25) is 0 Å². The Hall–Kier alpha value is -2.27. The lowest BCUT2D eigenvalue weighted by molar-refractivity contribution is -0.0377. The smallest absolute Gasteiger partial charge is 0.278 e. The van der Waals surface area contributed by atoms with Gasteiger partial charge in [0.1, 0.15) is 5.82 Å². The predicted molar refractivity (Wildman–Crippen MR) is 56.2 cm³/mol. The van der Waals surface area contributed by atoms with Gasteiger partial charge in [-0.05, 0) is 23.6 Å². The summed E-state index contributed by atoms with van der Waals surface area (Å²) in [4.78, 5) is 23.3. The molecule has 0 atom stereocenters. The average Bonchev–Trinajstić information content (AvgIpc) is 2.32. The maximum absolute atomic E-state index is 13.3. The van der Waals surface area contributed by atoms with Crippen molar-refractivity contribution in [3.63, 3.8) is 0 Å². The number of halogens is 1. The predicted octanol–water partition coefficient (Wildman–Crippen LogP) is 1.96. The third kappa shape index (κ3) is 1.20. The summed E-state index contributed by atoms with van der Waals surface area (Å²) in [7, 11) is 0. The zero-order valence-electron chi connectivity index (χ0n) is 8.48. The average molecular weight is 231 g/mol. The lowest BCUT2D eigenvalue weighted by Gasteiger charge is -2.21. The van der Waals surface area contributed by atoms with Crippen LogP contribution in [-0.2, 0) is 0 Å². The minimum absolute atomic E-state index is 0.00213. The second kappa shape index (κ2) is 3.11. The number of carbonyl (C=O) groups excluding carboxylic acids is 2. The summed E-state index contributed by atoms with van der Waals surface area (Å²) in [6.45, 7) is 0. The highest BCUT2D eigenvalue weighted by molar-refractivity contribution is 6.24. The topological polar surface area (TPSA) is 57.6 Å². The lowest BCUT2D eigenvalue weighted by Crippen LogP contribution is -2.37. The summed E-state index contributed by atoms with van der Waals surface area (Å²) in [6, 6.07) is 6.93. The summed E-state index contributed by atoms with van der Waals surface area (Å²) in [5, 5.41) is 10.2. The summed E-state index contributed by atoms with van der Waals surface area (Å²) in [5.74, 6) is -2.28. The SMILES string of the molecule is O=C1c2cccc3cc(F)cc(c23)C(=O)N1O. The molecule has 17 heavy (non-hydrogen) atoms. The summed E-state index contributed by atoms with van der Waals surface area (Å²) < 4.78 is 13.3. The van der Waals surface area contributed by atoms with Gasteiger partial charge in [0.25, 0.3) is 11.8 Å². The van der Waals surface area contributed by atoms with E-state index >= 15 is 0 Å². The van der Waals surface area contributed by atoms with Crippen molar-refractivity contribution in [1.82, 2.24) is 5.06 Å². The number of carbonyl (C=O) groups is 2. The van der Waals surface area contributed by atoms with Crippen LogP contribution in [0.4, 0.5) is 4.39 Å². The molecule has 0 spiro atoms. The molecule has 0 radical (unpaired) electrons. The molecule has 0 bridgehead atoms. The molecule has 1 aliphatic heterocycles. The zero-order valence-corrected chi connectivity index (χ0v) is 8.48. The highest BCUT2D eigenvalue weighted by atomic mass is 19.1. The normalized spacial score (nSPS) is 14.6. The maximum atomic E-state index is 13.3. The Morgan fingerprint density at radius 3 is 2.53 bits per heavy atom. The highest BCUT2D eigenvalue weighted by Gasteiger charge is 2.32. The first-order valence-electron chi connectivity index (χ1n) is 4.89. The Kier molecular flexibility index (Phi) is 1.82. The van der Waals surface area contributed by atoms with E-state index in [0.29, 0.717) is 10.8 Å². The first-order chi connectivity index (χ1) is 8.09. The molecule has 1 heterocycles. The highest BCUT2D eigenvalue weighted by Crippen LogP contribution is 2.29. The number of benzene rings is 2. The van der Waals surface area contributed by atoms with Crippen LogP contribution in [0.15, 0.2) is 30.3 Å². The Bertz CT molecular complexity index is 681. The van der Waals surface area contributed by atoms with Gasteiger partial charge in [0, 0.05) is 5.39 Å². The fourth-order valence-corrected chi connectivity index (χ4v) is 2.06. The Labute approximate surface area is 94.8 Å². The molecule has 0 saturated heterocycles. The van der Waals surface area contributed by atoms with Gasteiger partial charge in [0.15, 0.2) is 0 Å². The Balaban J connectivity index is 2.53. The van der Waals surface area contributed by atoms with E-state index in [0.717, 1.165) is 6.07 Å². The van der Waals surface area contributed by atoms with Crippen LogP contribution in [0, 0.1) is 5.82 Å².